The second kappa shape index (κ2) is 16.0. The molecule has 0 aliphatic rings. The number of benzene rings is 4. The normalized spacial score (nSPS) is 12.7. The molecule has 0 saturated carbocycles. The minimum atomic E-state index is -4.26. The van der Waals surface area contributed by atoms with Crippen LogP contribution in [0.15, 0.2) is 95.9 Å². The Morgan fingerprint density at radius 2 is 1.49 bits per heavy atom. The average Bonchev–Trinajstić information content (AvgIpc) is 3.03. The van der Waals surface area contributed by atoms with Gasteiger partial charge >= 0.3 is 0 Å². The van der Waals surface area contributed by atoms with Crippen LogP contribution in [-0.4, -0.2) is 43.8 Å². The Kier molecular flexibility index (Phi) is 12.4. The standard InChI is InChI=1S/C36H38Cl3N3O4S/c1-5-26(4)40-36(44)34(21-27-10-7-6-8-11-27)41(22-30-31(38)12-9-13-32(30)39)35(43)23-42(33-19-16-28(37)20-25(33)3)47(45,46)29-17-14-24(2)15-18-29/h6-20,26,34H,5,21-23H2,1-4H3,(H,40,44)/t26-,34-/m0/s1. The SMILES string of the molecule is CC[C@H](C)NC(=O)[C@H](Cc1ccccc1)N(Cc1c(Cl)cccc1Cl)C(=O)CN(c1ccc(Cl)cc1C)S(=O)(=O)c1ccc(C)cc1. The summed E-state index contributed by atoms with van der Waals surface area (Å²) in [7, 11) is -4.26. The topological polar surface area (TPSA) is 86.8 Å². The number of amides is 2. The first-order chi connectivity index (χ1) is 22.3. The lowest BCUT2D eigenvalue weighted by Gasteiger charge is -2.35. The van der Waals surface area contributed by atoms with Gasteiger partial charge in [0.25, 0.3) is 10.0 Å². The zero-order valence-electron chi connectivity index (χ0n) is 26.7. The van der Waals surface area contributed by atoms with Crippen LogP contribution in [0.5, 0.6) is 0 Å². The van der Waals surface area contributed by atoms with Crippen LogP contribution in [0.3, 0.4) is 0 Å². The molecule has 0 aliphatic carbocycles. The monoisotopic (exact) mass is 713 g/mol. The smallest absolute Gasteiger partial charge is 0.264 e. The van der Waals surface area contributed by atoms with E-state index in [-0.39, 0.29) is 35.5 Å². The van der Waals surface area contributed by atoms with Gasteiger partial charge in [-0.2, -0.15) is 0 Å². The maximum atomic E-state index is 14.7. The maximum Gasteiger partial charge on any atom is 0.264 e. The molecule has 2 atom stereocenters. The summed E-state index contributed by atoms with van der Waals surface area (Å²) in [6.45, 7) is 6.67. The number of nitrogens with one attached hydrogen (secondary N) is 1. The molecule has 0 radical (unpaired) electrons. The van der Waals surface area contributed by atoms with E-state index in [1.807, 2.05) is 51.1 Å². The van der Waals surface area contributed by atoms with Gasteiger partial charge in [0.2, 0.25) is 11.8 Å². The Morgan fingerprint density at radius 3 is 2.09 bits per heavy atom. The first kappa shape index (κ1) is 36.3. The van der Waals surface area contributed by atoms with E-state index in [0.717, 1.165) is 15.4 Å². The van der Waals surface area contributed by atoms with E-state index in [1.165, 1.54) is 17.0 Å². The second-order valence-electron chi connectivity index (χ2n) is 11.5. The van der Waals surface area contributed by atoms with Gasteiger partial charge in [-0.1, -0.05) is 95.8 Å². The molecule has 4 aromatic carbocycles. The number of carbonyl (C=O) groups is 2. The lowest BCUT2D eigenvalue weighted by molar-refractivity contribution is -0.140. The number of aryl methyl sites for hydroxylation is 2. The molecule has 0 aliphatic heterocycles. The molecule has 7 nitrogen and oxygen atoms in total. The van der Waals surface area contributed by atoms with E-state index in [0.29, 0.717) is 32.6 Å². The number of rotatable bonds is 13. The van der Waals surface area contributed by atoms with E-state index in [9.17, 15) is 18.0 Å². The summed E-state index contributed by atoms with van der Waals surface area (Å²) in [5.41, 5.74) is 2.97. The highest BCUT2D eigenvalue weighted by Crippen LogP contribution is 2.31. The highest BCUT2D eigenvalue weighted by atomic mass is 35.5. The summed E-state index contributed by atoms with van der Waals surface area (Å²) in [4.78, 5) is 30.1. The first-order valence-corrected chi connectivity index (χ1v) is 17.8. The van der Waals surface area contributed by atoms with Crippen molar-refractivity contribution in [2.24, 2.45) is 0 Å². The number of anilines is 1. The van der Waals surface area contributed by atoms with E-state index < -0.39 is 28.5 Å². The molecule has 248 valence electrons. The maximum absolute atomic E-state index is 14.7. The van der Waals surface area contributed by atoms with Gasteiger partial charge in [-0.15, -0.1) is 0 Å². The Labute approximate surface area is 292 Å². The van der Waals surface area contributed by atoms with Gasteiger partial charge in [-0.25, -0.2) is 8.42 Å². The van der Waals surface area contributed by atoms with E-state index in [2.05, 4.69) is 5.32 Å². The van der Waals surface area contributed by atoms with E-state index in [1.54, 1.807) is 55.5 Å². The molecule has 4 rings (SSSR count). The molecule has 0 fully saturated rings. The number of hydrogen-bond donors (Lipinski definition) is 1. The van der Waals surface area contributed by atoms with Crippen molar-refractivity contribution in [2.45, 2.75) is 64.1 Å². The van der Waals surface area contributed by atoms with Gasteiger partial charge in [-0.05, 0) is 80.8 Å². The number of hydrogen-bond acceptors (Lipinski definition) is 4. The minimum Gasteiger partial charge on any atom is -0.352 e. The average molecular weight is 715 g/mol. The van der Waals surface area contributed by atoms with Gasteiger partial charge in [0.15, 0.2) is 0 Å². The molecular formula is C36H38Cl3N3O4S. The molecule has 11 heteroatoms. The molecule has 47 heavy (non-hydrogen) atoms. The van der Waals surface area contributed by atoms with Crippen molar-refractivity contribution in [2.75, 3.05) is 10.8 Å². The van der Waals surface area contributed by atoms with Crippen molar-refractivity contribution in [1.29, 1.82) is 0 Å². The fourth-order valence-electron chi connectivity index (χ4n) is 5.10. The number of halogens is 3. The summed E-state index contributed by atoms with van der Waals surface area (Å²) >= 11 is 19.4. The quantitative estimate of drug-likeness (QED) is 0.152. The van der Waals surface area contributed by atoms with Crippen molar-refractivity contribution in [3.63, 3.8) is 0 Å². The Balaban J connectivity index is 1.87. The van der Waals surface area contributed by atoms with Gasteiger partial charge < -0.3 is 10.2 Å². The van der Waals surface area contributed by atoms with Crippen molar-refractivity contribution < 1.29 is 18.0 Å². The van der Waals surface area contributed by atoms with Gasteiger partial charge in [0.1, 0.15) is 12.6 Å². The van der Waals surface area contributed by atoms with Crippen LogP contribution in [-0.2, 0) is 32.6 Å². The fourth-order valence-corrected chi connectivity index (χ4v) is 7.32. The van der Waals surface area contributed by atoms with Crippen LogP contribution in [0, 0.1) is 13.8 Å². The van der Waals surface area contributed by atoms with Crippen LogP contribution in [0.25, 0.3) is 0 Å². The Bertz CT molecular complexity index is 1800. The Hall–Kier alpha value is -3.56. The van der Waals surface area contributed by atoms with E-state index in [4.69, 9.17) is 34.8 Å². The fraction of sp³-hybridized carbons (Fsp3) is 0.278. The molecule has 0 bridgehead atoms. The molecule has 1 N–H and O–H groups in total. The van der Waals surface area contributed by atoms with Crippen LogP contribution >= 0.6 is 34.8 Å². The third kappa shape index (κ3) is 9.08. The van der Waals surface area contributed by atoms with Crippen molar-refractivity contribution >= 4 is 62.3 Å². The summed E-state index contributed by atoms with van der Waals surface area (Å²) in [6.07, 6.45) is 0.841. The summed E-state index contributed by atoms with van der Waals surface area (Å²) in [5.74, 6) is -0.999. The molecule has 0 aromatic heterocycles. The van der Waals surface area contributed by atoms with Crippen LogP contribution < -0.4 is 9.62 Å². The molecule has 4 aromatic rings. The molecule has 2 amide bonds. The van der Waals surface area contributed by atoms with Gasteiger partial charge in [0.05, 0.1) is 10.6 Å². The van der Waals surface area contributed by atoms with Crippen LogP contribution in [0.1, 0.15) is 42.5 Å². The molecule has 0 saturated heterocycles. The number of carbonyl (C=O) groups excluding carboxylic acids is 2. The third-order valence-electron chi connectivity index (χ3n) is 7.98. The van der Waals surface area contributed by atoms with Crippen LogP contribution in [0.4, 0.5) is 5.69 Å². The molecule has 0 heterocycles. The number of sulfonamides is 1. The lowest BCUT2D eigenvalue weighted by Crippen LogP contribution is -2.54. The zero-order chi connectivity index (χ0) is 34.3. The van der Waals surface area contributed by atoms with Gasteiger partial charge in [0, 0.05) is 39.6 Å². The molecule has 0 unspecified atom stereocenters. The first-order valence-electron chi connectivity index (χ1n) is 15.2. The van der Waals surface area contributed by atoms with Crippen LogP contribution in [0.2, 0.25) is 15.1 Å². The van der Waals surface area contributed by atoms with Gasteiger partial charge in [-0.3, -0.25) is 13.9 Å². The largest absolute Gasteiger partial charge is 0.352 e. The zero-order valence-corrected chi connectivity index (χ0v) is 29.8. The minimum absolute atomic E-state index is 0.0151. The summed E-state index contributed by atoms with van der Waals surface area (Å²) in [5, 5.41) is 4.07. The predicted molar refractivity (Wildman–Crippen MR) is 191 cm³/mol. The van der Waals surface area contributed by atoms with Crippen molar-refractivity contribution in [3.05, 3.63) is 128 Å². The number of nitrogens with zero attached hydrogens (tertiary/aromatic N) is 2. The summed E-state index contributed by atoms with van der Waals surface area (Å²) < 4.78 is 29.6. The Morgan fingerprint density at radius 1 is 0.851 bits per heavy atom. The van der Waals surface area contributed by atoms with Crippen molar-refractivity contribution in [3.8, 4) is 0 Å². The van der Waals surface area contributed by atoms with Crippen molar-refractivity contribution in [1.82, 2.24) is 10.2 Å². The van der Waals surface area contributed by atoms with E-state index >= 15 is 0 Å². The lowest BCUT2D eigenvalue weighted by atomic mass is 10.0. The third-order valence-corrected chi connectivity index (χ3v) is 10.7. The highest BCUT2D eigenvalue weighted by Gasteiger charge is 2.36. The second-order valence-corrected chi connectivity index (χ2v) is 14.6. The predicted octanol–water partition coefficient (Wildman–Crippen LogP) is 8.01. The summed E-state index contributed by atoms with van der Waals surface area (Å²) in [6, 6.07) is 24.3. The highest BCUT2D eigenvalue weighted by molar-refractivity contribution is 7.92. The molecule has 0 spiro atoms. The molecular weight excluding hydrogens is 677 g/mol.